The van der Waals surface area contributed by atoms with Crippen LogP contribution in [0.25, 0.3) is 11.2 Å². The highest BCUT2D eigenvalue weighted by atomic mass is 32.2. The van der Waals surface area contributed by atoms with E-state index in [1.54, 1.807) is 12.1 Å². The third-order valence-corrected chi connectivity index (χ3v) is 7.61. The molecular weight excluding hydrogens is 582 g/mol. The van der Waals surface area contributed by atoms with Crippen molar-refractivity contribution in [3.63, 3.8) is 0 Å². The first-order valence-corrected chi connectivity index (χ1v) is 14.2. The minimum atomic E-state index is -4.15. The van der Waals surface area contributed by atoms with E-state index in [2.05, 4.69) is 35.3 Å². The number of aliphatic carboxylic acids is 1. The Labute approximate surface area is 244 Å². The van der Waals surface area contributed by atoms with E-state index in [4.69, 9.17) is 11.5 Å². The Morgan fingerprint density at radius 1 is 0.953 bits per heavy atom. The average Bonchev–Trinajstić information content (AvgIpc) is 2.97. The van der Waals surface area contributed by atoms with Crippen molar-refractivity contribution in [2.45, 2.75) is 30.3 Å². The number of carbonyl (C=O) groups excluding carboxylic acids is 1. The lowest BCUT2D eigenvalue weighted by Gasteiger charge is -2.15. The van der Waals surface area contributed by atoms with E-state index in [-0.39, 0.29) is 54.5 Å². The summed E-state index contributed by atoms with van der Waals surface area (Å²) >= 11 is 0. The summed E-state index contributed by atoms with van der Waals surface area (Å²) in [4.78, 5) is 51.8. The largest absolute Gasteiger partial charge is 0.480 e. The number of nitrogen functional groups attached to an aromatic ring is 2. The molecule has 1 unspecified atom stereocenters. The van der Waals surface area contributed by atoms with Gasteiger partial charge in [0.2, 0.25) is 16.0 Å². The molecule has 0 fully saturated rings. The van der Waals surface area contributed by atoms with Crippen molar-refractivity contribution in [3.8, 4) is 0 Å². The number of carboxylic acids is 2. The van der Waals surface area contributed by atoms with Crippen molar-refractivity contribution in [1.29, 1.82) is 0 Å². The molecule has 0 aliphatic carbocycles. The smallest absolute Gasteiger partial charge is 0.337 e. The number of fused-ring (bicyclic) bond motifs is 1. The van der Waals surface area contributed by atoms with Crippen LogP contribution in [0.15, 0.2) is 59.6 Å². The van der Waals surface area contributed by atoms with Gasteiger partial charge in [-0.2, -0.15) is 9.97 Å². The highest BCUT2D eigenvalue weighted by Gasteiger charge is 2.23. The van der Waals surface area contributed by atoms with Gasteiger partial charge in [0.05, 0.1) is 28.9 Å². The van der Waals surface area contributed by atoms with Gasteiger partial charge in [-0.15, -0.1) is 0 Å². The van der Waals surface area contributed by atoms with Crippen LogP contribution in [0.1, 0.15) is 39.3 Å². The summed E-state index contributed by atoms with van der Waals surface area (Å²) in [6.07, 6.45) is 1.48. The number of nitrogens with two attached hydrogens (primary N) is 2. The van der Waals surface area contributed by atoms with Gasteiger partial charge in [0.15, 0.2) is 17.0 Å². The Hall–Kier alpha value is -5.42. The van der Waals surface area contributed by atoms with Crippen LogP contribution < -0.4 is 26.8 Å². The van der Waals surface area contributed by atoms with Crippen molar-refractivity contribution in [3.05, 3.63) is 71.5 Å². The van der Waals surface area contributed by atoms with Crippen LogP contribution >= 0.6 is 0 Å². The molecule has 0 saturated carbocycles. The van der Waals surface area contributed by atoms with Crippen molar-refractivity contribution >= 4 is 56.5 Å². The Morgan fingerprint density at radius 3 is 2.37 bits per heavy atom. The lowest BCUT2D eigenvalue weighted by Crippen LogP contribution is -2.41. The molecule has 2 aromatic carbocycles. The third-order valence-electron chi connectivity index (χ3n) is 6.09. The molecule has 0 aliphatic heterocycles. The van der Waals surface area contributed by atoms with E-state index in [1.807, 2.05) is 0 Å². The molecule has 16 nitrogen and oxygen atoms in total. The zero-order valence-electron chi connectivity index (χ0n) is 22.4. The summed E-state index contributed by atoms with van der Waals surface area (Å²) in [5, 5.41) is 24.3. The second-order valence-electron chi connectivity index (χ2n) is 9.14. The van der Waals surface area contributed by atoms with E-state index in [0.29, 0.717) is 16.9 Å². The molecule has 0 bridgehead atoms. The van der Waals surface area contributed by atoms with Crippen LogP contribution in [0.3, 0.4) is 0 Å². The minimum Gasteiger partial charge on any atom is -0.480 e. The SMILES string of the molecule is Nc1nc(N)c2nc(CNc3ccc(C(=O)NC(CCCNS(=O)(=O)c4ccccc4C(=O)O)C(=O)O)cc3)cnc2n1. The van der Waals surface area contributed by atoms with Gasteiger partial charge in [-0.05, 0) is 49.2 Å². The predicted molar refractivity (Wildman–Crippen MR) is 154 cm³/mol. The molecule has 0 saturated heterocycles. The van der Waals surface area contributed by atoms with Gasteiger partial charge in [0.25, 0.3) is 5.91 Å². The normalized spacial score (nSPS) is 12.0. The summed E-state index contributed by atoms with van der Waals surface area (Å²) in [7, 11) is -4.15. The number of aromatic nitrogens is 4. The fourth-order valence-corrected chi connectivity index (χ4v) is 5.24. The van der Waals surface area contributed by atoms with Crippen molar-refractivity contribution in [2.24, 2.45) is 0 Å². The number of rotatable bonds is 13. The summed E-state index contributed by atoms with van der Waals surface area (Å²) in [5.74, 6) is -3.23. The van der Waals surface area contributed by atoms with E-state index < -0.39 is 38.8 Å². The number of carboxylic acid groups (broad SMARTS) is 2. The number of carbonyl (C=O) groups is 3. The first kappa shape index (κ1) is 30.5. The molecular formula is C26H27N9O7S. The summed E-state index contributed by atoms with van der Waals surface area (Å²) in [6.45, 7) is 0.0938. The number of sulfonamides is 1. The number of aromatic carboxylic acids is 1. The number of hydrogen-bond acceptors (Lipinski definition) is 12. The third kappa shape index (κ3) is 7.66. The molecule has 0 spiro atoms. The van der Waals surface area contributed by atoms with Gasteiger partial charge in [-0.25, -0.2) is 32.7 Å². The Kier molecular flexibility index (Phi) is 9.26. The van der Waals surface area contributed by atoms with Gasteiger partial charge in [0, 0.05) is 17.8 Å². The zero-order chi connectivity index (χ0) is 31.1. The molecule has 9 N–H and O–H groups in total. The number of benzene rings is 2. The molecule has 224 valence electrons. The number of anilines is 3. The maximum Gasteiger partial charge on any atom is 0.337 e. The predicted octanol–water partition coefficient (Wildman–Crippen LogP) is 0.836. The summed E-state index contributed by atoms with van der Waals surface area (Å²) in [5.41, 5.74) is 13.0. The van der Waals surface area contributed by atoms with Gasteiger partial charge in [0.1, 0.15) is 6.04 Å². The van der Waals surface area contributed by atoms with Crippen LogP contribution in [0.4, 0.5) is 17.5 Å². The van der Waals surface area contributed by atoms with Crippen LogP contribution in [0, 0.1) is 0 Å². The monoisotopic (exact) mass is 609 g/mol. The fraction of sp³-hybridized carbons (Fsp3) is 0.192. The lowest BCUT2D eigenvalue weighted by molar-refractivity contribution is -0.139. The van der Waals surface area contributed by atoms with Crippen molar-refractivity contribution in [2.75, 3.05) is 23.3 Å². The molecule has 4 rings (SSSR count). The lowest BCUT2D eigenvalue weighted by atomic mass is 10.1. The minimum absolute atomic E-state index is 0.00658. The first-order valence-electron chi connectivity index (χ1n) is 12.7. The molecule has 0 aliphatic rings. The second kappa shape index (κ2) is 13.0. The topological polar surface area (TPSA) is 265 Å². The summed E-state index contributed by atoms with van der Waals surface area (Å²) < 4.78 is 27.4. The zero-order valence-corrected chi connectivity index (χ0v) is 23.2. The Balaban J connectivity index is 1.29. The molecule has 2 heterocycles. The number of nitrogens with one attached hydrogen (secondary N) is 3. The van der Waals surface area contributed by atoms with Crippen LogP contribution in [-0.4, -0.2) is 69.0 Å². The van der Waals surface area contributed by atoms with Gasteiger partial charge >= 0.3 is 11.9 Å². The van der Waals surface area contributed by atoms with E-state index in [0.717, 1.165) is 6.07 Å². The number of hydrogen-bond donors (Lipinski definition) is 7. The highest BCUT2D eigenvalue weighted by molar-refractivity contribution is 7.89. The maximum absolute atomic E-state index is 12.7. The maximum atomic E-state index is 12.7. The quantitative estimate of drug-likeness (QED) is 0.104. The molecule has 4 aromatic rings. The van der Waals surface area contributed by atoms with Gasteiger partial charge in [-0.3, -0.25) is 4.79 Å². The Bertz CT molecular complexity index is 1780. The molecule has 0 radical (unpaired) electrons. The number of nitrogens with zero attached hydrogens (tertiary/aromatic N) is 4. The summed E-state index contributed by atoms with van der Waals surface area (Å²) in [6, 6.07) is 10.1. The van der Waals surface area contributed by atoms with Crippen molar-refractivity contribution in [1.82, 2.24) is 30.0 Å². The molecule has 43 heavy (non-hydrogen) atoms. The van der Waals surface area contributed by atoms with Crippen LogP contribution in [-0.2, 0) is 21.4 Å². The number of amides is 1. The van der Waals surface area contributed by atoms with Crippen LogP contribution in [0.2, 0.25) is 0 Å². The van der Waals surface area contributed by atoms with E-state index in [1.165, 1.54) is 36.5 Å². The Morgan fingerprint density at radius 2 is 1.67 bits per heavy atom. The fourth-order valence-electron chi connectivity index (χ4n) is 3.97. The van der Waals surface area contributed by atoms with E-state index >= 15 is 0 Å². The highest BCUT2D eigenvalue weighted by Crippen LogP contribution is 2.17. The molecule has 2 aromatic heterocycles. The molecule has 17 heteroatoms. The molecule has 1 atom stereocenters. The standard InChI is InChI=1S/C26H27N9O7S/c27-21-20-22(35-26(28)34-21)30-13-16(32-20)12-29-15-9-7-14(8-10-15)23(36)33-18(25(39)40)5-3-11-31-43(41,42)19-6-2-1-4-17(19)24(37)38/h1-2,4,6-10,13,18,29,31H,3,5,11-12H2,(H,33,36)(H,37,38)(H,39,40)(H4,27,28,30,34,35). The second-order valence-corrected chi connectivity index (χ2v) is 10.9. The van der Waals surface area contributed by atoms with E-state index in [9.17, 15) is 33.0 Å². The van der Waals surface area contributed by atoms with Crippen LogP contribution in [0.5, 0.6) is 0 Å². The van der Waals surface area contributed by atoms with Crippen molar-refractivity contribution < 1.29 is 33.0 Å². The molecule has 1 amide bonds. The van der Waals surface area contributed by atoms with Gasteiger partial charge < -0.3 is 32.3 Å². The average molecular weight is 610 g/mol. The first-order chi connectivity index (χ1) is 20.4. The van der Waals surface area contributed by atoms with Gasteiger partial charge in [-0.1, -0.05) is 12.1 Å².